The van der Waals surface area contributed by atoms with Gasteiger partial charge in [-0.05, 0) is 6.07 Å². The van der Waals surface area contributed by atoms with Crippen LogP contribution in [0.15, 0.2) is 12.1 Å². The molecule has 0 atom stereocenters. The first-order valence-electron chi connectivity index (χ1n) is 6.74. The van der Waals surface area contributed by atoms with E-state index in [1.165, 1.54) is 0 Å². The number of primary amides is 1. The third kappa shape index (κ3) is 4.51. The number of ether oxygens (including phenoxy) is 4. The van der Waals surface area contributed by atoms with Crippen molar-refractivity contribution in [1.82, 2.24) is 5.32 Å². The van der Waals surface area contributed by atoms with Crippen LogP contribution in [-0.4, -0.2) is 39.6 Å². The first kappa shape index (κ1) is 15.4. The molecule has 0 bridgehead atoms. The number of nitrogens with two attached hydrogens (primary N) is 1. The molecule has 0 spiro atoms. The van der Waals surface area contributed by atoms with Crippen molar-refractivity contribution in [2.75, 3.05) is 33.7 Å². The molecule has 0 fully saturated rings. The van der Waals surface area contributed by atoms with Gasteiger partial charge in [0.25, 0.3) is 0 Å². The van der Waals surface area contributed by atoms with Crippen molar-refractivity contribution in [1.29, 1.82) is 0 Å². The fraction of sp³-hybridized carbons (Fsp3) is 0.500. The van der Waals surface area contributed by atoms with Gasteiger partial charge in [0, 0.05) is 31.8 Å². The van der Waals surface area contributed by atoms with E-state index in [1.807, 2.05) is 6.07 Å². The van der Waals surface area contributed by atoms with Gasteiger partial charge in [-0.1, -0.05) is 0 Å². The van der Waals surface area contributed by atoms with E-state index in [1.54, 1.807) is 13.2 Å². The van der Waals surface area contributed by atoms with E-state index in [4.69, 9.17) is 24.7 Å². The molecule has 1 aromatic carbocycles. The summed E-state index contributed by atoms with van der Waals surface area (Å²) in [5.41, 5.74) is 6.04. The van der Waals surface area contributed by atoms with E-state index >= 15 is 0 Å². The lowest BCUT2D eigenvalue weighted by Crippen LogP contribution is -2.19. The Balaban J connectivity index is 2.02. The number of hydrogen-bond acceptors (Lipinski definition) is 6. The van der Waals surface area contributed by atoms with Gasteiger partial charge in [0.2, 0.25) is 12.7 Å². The summed E-state index contributed by atoms with van der Waals surface area (Å²) in [5.74, 6) is 1.60. The van der Waals surface area contributed by atoms with Gasteiger partial charge in [0.15, 0.2) is 11.5 Å². The monoisotopic (exact) mass is 296 g/mol. The Morgan fingerprint density at radius 3 is 2.81 bits per heavy atom. The molecule has 1 amide bonds. The number of rotatable bonds is 9. The highest BCUT2D eigenvalue weighted by Crippen LogP contribution is 2.38. The van der Waals surface area contributed by atoms with Crippen LogP contribution in [0.4, 0.5) is 0 Å². The standard InChI is InChI=1S/C14H20N2O5/c1-18-5-3-16-8-10-6-12-13(21-9-20-12)7-11(10)19-4-2-14(15)17/h6-7,16H,2-5,8-9H2,1H3,(H2,15,17). The van der Waals surface area contributed by atoms with Crippen molar-refractivity contribution < 1.29 is 23.7 Å². The number of methoxy groups -OCH3 is 1. The number of carbonyl (C=O) groups excluding carboxylic acids is 1. The Bertz CT molecular complexity index is 492. The van der Waals surface area contributed by atoms with Crippen LogP contribution in [0.25, 0.3) is 0 Å². The minimum Gasteiger partial charge on any atom is -0.493 e. The summed E-state index contributed by atoms with van der Waals surface area (Å²) in [6, 6.07) is 3.65. The molecule has 1 aliphatic heterocycles. The molecular weight excluding hydrogens is 276 g/mol. The van der Waals surface area contributed by atoms with Crippen molar-refractivity contribution in [3.05, 3.63) is 17.7 Å². The molecule has 7 nitrogen and oxygen atoms in total. The predicted octanol–water partition coefficient (Wildman–Crippen LogP) is 0.406. The number of amides is 1. The summed E-state index contributed by atoms with van der Waals surface area (Å²) in [4.78, 5) is 10.8. The minimum atomic E-state index is -0.393. The van der Waals surface area contributed by atoms with Gasteiger partial charge in [0.1, 0.15) is 5.75 Å². The third-order valence-electron chi connectivity index (χ3n) is 2.96. The summed E-state index contributed by atoms with van der Waals surface area (Å²) in [6.45, 7) is 2.40. The maximum absolute atomic E-state index is 10.8. The van der Waals surface area contributed by atoms with Gasteiger partial charge in [-0.25, -0.2) is 0 Å². The quantitative estimate of drug-likeness (QED) is 0.641. The Morgan fingerprint density at radius 1 is 1.33 bits per heavy atom. The summed E-state index contributed by atoms with van der Waals surface area (Å²) >= 11 is 0. The number of hydrogen-bond donors (Lipinski definition) is 2. The summed E-state index contributed by atoms with van der Waals surface area (Å²) < 4.78 is 21.3. The molecule has 3 N–H and O–H groups in total. The zero-order valence-corrected chi connectivity index (χ0v) is 12.0. The zero-order valence-electron chi connectivity index (χ0n) is 12.0. The first-order chi connectivity index (χ1) is 10.2. The molecule has 0 radical (unpaired) electrons. The fourth-order valence-corrected chi connectivity index (χ4v) is 1.90. The lowest BCUT2D eigenvalue weighted by atomic mass is 10.1. The van der Waals surface area contributed by atoms with Crippen molar-refractivity contribution in [2.45, 2.75) is 13.0 Å². The second-order valence-corrected chi connectivity index (χ2v) is 4.55. The molecule has 0 unspecified atom stereocenters. The van der Waals surface area contributed by atoms with Crippen LogP contribution >= 0.6 is 0 Å². The molecule has 21 heavy (non-hydrogen) atoms. The highest BCUT2D eigenvalue weighted by molar-refractivity contribution is 5.73. The Hall–Kier alpha value is -1.99. The normalized spacial score (nSPS) is 12.4. The molecule has 1 heterocycles. The number of benzene rings is 1. The Morgan fingerprint density at radius 2 is 2.10 bits per heavy atom. The second kappa shape index (κ2) is 7.70. The molecule has 0 saturated carbocycles. The highest BCUT2D eigenvalue weighted by atomic mass is 16.7. The van der Waals surface area contributed by atoms with Crippen LogP contribution in [0.3, 0.4) is 0 Å². The van der Waals surface area contributed by atoms with E-state index in [-0.39, 0.29) is 19.8 Å². The molecule has 0 aromatic heterocycles. The van der Waals surface area contributed by atoms with Crippen molar-refractivity contribution in [3.63, 3.8) is 0 Å². The smallest absolute Gasteiger partial charge is 0.231 e. The van der Waals surface area contributed by atoms with Crippen molar-refractivity contribution >= 4 is 5.91 Å². The van der Waals surface area contributed by atoms with E-state index in [0.29, 0.717) is 30.4 Å². The number of fused-ring (bicyclic) bond motifs is 1. The van der Waals surface area contributed by atoms with Gasteiger partial charge in [0.05, 0.1) is 19.6 Å². The maximum Gasteiger partial charge on any atom is 0.231 e. The van der Waals surface area contributed by atoms with Crippen LogP contribution in [0.2, 0.25) is 0 Å². The Kier molecular flexibility index (Phi) is 5.65. The summed E-state index contributed by atoms with van der Waals surface area (Å²) in [5, 5.41) is 3.24. The molecule has 0 aliphatic carbocycles. The lowest BCUT2D eigenvalue weighted by Gasteiger charge is -2.13. The molecule has 1 aromatic rings. The lowest BCUT2D eigenvalue weighted by molar-refractivity contribution is -0.118. The summed E-state index contributed by atoms with van der Waals surface area (Å²) in [6.07, 6.45) is 0.172. The van der Waals surface area contributed by atoms with Crippen molar-refractivity contribution in [3.8, 4) is 17.2 Å². The molecule has 1 aliphatic rings. The van der Waals surface area contributed by atoms with Gasteiger partial charge in [-0.15, -0.1) is 0 Å². The first-order valence-corrected chi connectivity index (χ1v) is 6.74. The molecule has 116 valence electrons. The SMILES string of the molecule is COCCNCc1cc2c(cc1OCCC(N)=O)OCO2. The number of nitrogens with one attached hydrogen (secondary N) is 1. The number of carbonyl (C=O) groups is 1. The van der Waals surface area contributed by atoms with Crippen LogP contribution in [0.1, 0.15) is 12.0 Å². The topological polar surface area (TPSA) is 92.0 Å². The van der Waals surface area contributed by atoms with Gasteiger partial charge in [-0.3, -0.25) is 4.79 Å². The van der Waals surface area contributed by atoms with E-state index in [9.17, 15) is 4.79 Å². The molecule has 0 saturated heterocycles. The van der Waals surface area contributed by atoms with Crippen LogP contribution in [0.5, 0.6) is 17.2 Å². The van der Waals surface area contributed by atoms with Crippen LogP contribution in [0, 0.1) is 0 Å². The highest BCUT2D eigenvalue weighted by Gasteiger charge is 2.18. The molecule has 7 heteroatoms. The molecular formula is C14H20N2O5. The Labute approximate surface area is 123 Å². The van der Waals surface area contributed by atoms with Gasteiger partial charge >= 0.3 is 0 Å². The zero-order chi connectivity index (χ0) is 15.1. The average molecular weight is 296 g/mol. The van der Waals surface area contributed by atoms with E-state index in [0.717, 1.165) is 12.1 Å². The van der Waals surface area contributed by atoms with Gasteiger partial charge < -0.3 is 30.0 Å². The van der Waals surface area contributed by atoms with Crippen LogP contribution in [-0.2, 0) is 16.1 Å². The largest absolute Gasteiger partial charge is 0.493 e. The fourth-order valence-electron chi connectivity index (χ4n) is 1.90. The second-order valence-electron chi connectivity index (χ2n) is 4.55. The summed E-state index contributed by atoms with van der Waals surface area (Å²) in [7, 11) is 1.65. The van der Waals surface area contributed by atoms with Crippen molar-refractivity contribution in [2.24, 2.45) is 5.73 Å². The van der Waals surface area contributed by atoms with Gasteiger partial charge in [-0.2, -0.15) is 0 Å². The van der Waals surface area contributed by atoms with E-state index in [2.05, 4.69) is 5.32 Å². The third-order valence-corrected chi connectivity index (χ3v) is 2.96. The predicted molar refractivity (Wildman–Crippen MR) is 75.5 cm³/mol. The molecule has 2 rings (SSSR count). The average Bonchev–Trinajstić information content (AvgIpc) is 2.90. The van der Waals surface area contributed by atoms with E-state index < -0.39 is 5.91 Å². The van der Waals surface area contributed by atoms with Crippen LogP contribution < -0.4 is 25.3 Å². The maximum atomic E-state index is 10.8. The minimum absolute atomic E-state index is 0.172.